The Labute approximate surface area is 132 Å². The highest BCUT2D eigenvalue weighted by Gasteiger charge is 2.14. The predicted molar refractivity (Wildman–Crippen MR) is 81.9 cm³/mol. The van der Waals surface area contributed by atoms with Crippen molar-refractivity contribution in [3.05, 3.63) is 34.4 Å². The van der Waals surface area contributed by atoms with Gasteiger partial charge in [-0.3, -0.25) is 19.7 Å². The maximum Gasteiger partial charge on any atom is 0.302 e. The Kier molecular flexibility index (Phi) is 7.38. The second-order valence-electron chi connectivity index (χ2n) is 4.42. The number of esters is 1. The number of non-ortho nitro benzene ring substituents is 1. The summed E-state index contributed by atoms with van der Waals surface area (Å²) >= 11 is 1.09. The predicted octanol–water partition coefficient (Wildman–Crippen LogP) is 2.58. The SMILES string of the molecule is CC(=O)OC(CCOc1ccc([N+](=O)[O-])cc1)CSC(C)=O. The summed E-state index contributed by atoms with van der Waals surface area (Å²) in [6, 6.07) is 5.71. The van der Waals surface area contributed by atoms with E-state index in [1.165, 1.54) is 38.1 Å². The number of hydrogen-bond donors (Lipinski definition) is 0. The molecule has 1 aromatic carbocycles. The van der Waals surface area contributed by atoms with E-state index in [-0.39, 0.29) is 17.4 Å². The third-order valence-electron chi connectivity index (χ3n) is 2.56. The Bertz CT molecular complexity index is 531. The van der Waals surface area contributed by atoms with Crippen LogP contribution in [0.25, 0.3) is 0 Å². The van der Waals surface area contributed by atoms with Gasteiger partial charge < -0.3 is 9.47 Å². The summed E-state index contributed by atoms with van der Waals surface area (Å²) in [4.78, 5) is 32.0. The van der Waals surface area contributed by atoms with Crippen LogP contribution >= 0.6 is 11.8 Å². The lowest BCUT2D eigenvalue weighted by Crippen LogP contribution is -2.22. The second-order valence-corrected chi connectivity index (χ2v) is 5.62. The molecule has 0 radical (unpaired) electrons. The average Bonchev–Trinajstić information content (AvgIpc) is 2.44. The van der Waals surface area contributed by atoms with E-state index in [1.807, 2.05) is 0 Å². The van der Waals surface area contributed by atoms with E-state index in [0.29, 0.717) is 17.9 Å². The molecule has 0 amide bonds. The molecule has 0 aliphatic heterocycles. The van der Waals surface area contributed by atoms with Gasteiger partial charge in [-0.2, -0.15) is 0 Å². The number of thioether (sulfide) groups is 1. The van der Waals surface area contributed by atoms with Gasteiger partial charge in [0.2, 0.25) is 0 Å². The van der Waals surface area contributed by atoms with Crippen LogP contribution in [0.5, 0.6) is 5.75 Å². The minimum absolute atomic E-state index is 0.0111. The number of benzene rings is 1. The fourth-order valence-electron chi connectivity index (χ4n) is 1.59. The Morgan fingerprint density at radius 3 is 2.41 bits per heavy atom. The molecule has 1 atom stereocenters. The van der Waals surface area contributed by atoms with E-state index < -0.39 is 17.0 Å². The lowest BCUT2D eigenvalue weighted by atomic mass is 10.3. The molecule has 0 aliphatic carbocycles. The molecule has 120 valence electrons. The monoisotopic (exact) mass is 327 g/mol. The van der Waals surface area contributed by atoms with Crippen LogP contribution in [-0.4, -0.2) is 34.5 Å². The van der Waals surface area contributed by atoms with Crippen molar-refractivity contribution in [2.75, 3.05) is 12.4 Å². The smallest absolute Gasteiger partial charge is 0.302 e. The number of ether oxygens (including phenoxy) is 2. The van der Waals surface area contributed by atoms with Crippen molar-refractivity contribution in [1.29, 1.82) is 0 Å². The highest BCUT2D eigenvalue weighted by molar-refractivity contribution is 8.13. The topological polar surface area (TPSA) is 95.7 Å². The molecular weight excluding hydrogens is 310 g/mol. The first-order chi connectivity index (χ1) is 10.4. The molecule has 0 aliphatic rings. The number of carbonyl (C=O) groups is 2. The summed E-state index contributed by atoms with van der Waals surface area (Å²) in [6.45, 7) is 3.03. The number of rotatable bonds is 8. The van der Waals surface area contributed by atoms with Gasteiger partial charge in [0.1, 0.15) is 11.9 Å². The largest absolute Gasteiger partial charge is 0.493 e. The zero-order valence-corrected chi connectivity index (χ0v) is 13.1. The van der Waals surface area contributed by atoms with Crippen molar-refractivity contribution in [1.82, 2.24) is 0 Å². The van der Waals surface area contributed by atoms with Crippen LogP contribution in [0.3, 0.4) is 0 Å². The Morgan fingerprint density at radius 1 is 1.27 bits per heavy atom. The van der Waals surface area contributed by atoms with Crippen LogP contribution in [0, 0.1) is 10.1 Å². The fraction of sp³-hybridized carbons (Fsp3) is 0.429. The highest BCUT2D eigenvalue weighted by atomic mass is 32.2. The first-order valence-electron chi connectivity index (χ1n) is 6.56. The highest BCUT2D eigenvalue weighted by Crippen LogP contribution is 2.18. The quantitative estimate of drug-likeness (QED) is 0.411. The Hall–Kier alpha value is -2.09. The van der Waals surface area contributed by atoms with Crippen molar-refractivity contribution < 1.29 is 24.0 Å². The maximum atomic E-state index is 11.0. The van der Waals surface area contributed by atoms with E-state index in [4.69, 9.17) is 9.47 Å². The molecule has 8 heteroatoms. The average molecular weight is 327 g/mol. The lowest BCUT2D eigenvalue weighted by Gasteiger charge is -2.16. The molecule has 0 spiro atoms. The van der Waals surface area contributed by atoms with Crippen molar-refractivity contribution in [2.24, 2.45) is 0 Å². The van der Waals surface area contributed by atoms with Gasteiger partial charge >= 0.3 is 5.97 Å². The lowest BCUT2D eigenvalue weighted by molar-refractivity contribution is -0.384. The standard InChI is InChI=1S/C14H17NO6S/c1-10(16)21-14(9-22-11(2)17)7-8-20-13-5-3-12(4-6-13)15(18)19/h3-6,14H,7-9H2,1-2H3. The number of nitro groups is 1. The van der Waals surface area contributed by atoms with E-state index in [9.17, 15) is 19.7 Å². The van der Waals surface area contributed by atoms with E-state index >= 15 is 0 Å². The summed E-state index contributed by atoms with van der Waals surface area (Å²) < 4.78 is 10.6. The zero-order chi connectivity index (χ0) is 16.5. The van der Waals surface area contributed by atoms with Crippen LogP contribution in [0.15, 0.2) is 24.3 Å². The van der Waals surface area contributed by atoms with Gasteiger partial charge in [0.15, 0.2) is 5.12 Å². The fourth-order valence-corrected chi connectivity index (χ4v) is 2.25. The molecule has 7 nitrogen and oxygen atoms in total. The van der Waals surface area contributed by atoms with Gasteiger partial charge in [0.25, 0.3) is 5.69 Å². The summed E-state index contributed by atoms with van der Waals surface area (Å²) in [6.07, 6.45) is 0.0149. The molecule has 1 rings (SSSR count). The van der Waals surface area contributed by atoms with E-state index in [2.05, 4.69) is 0 Å². The van der Waals surface area contributed by atoms with Crippen molar-refractivity contribution in [2.45, 2.75) is 26.4 Å². The van der Waals surface area contributed by atoms with E-state index in [1.54, 1.807) is 0 Å². The normalized spacial score (nSPS) is 11.5. The molecule has 0 heterocycles. The molecule has 1 aromatic rings. The molecule has 0 bridgehead atoms. The van der Waals surface area contributed by atoms with Gasteiger partial charge in [0.05, 0.1) is 11.5 Å². The molecular formula is C14H17NO6S. The van der Waals surface area contributed by atoms with Crippen LogP contribution < -0.4 is 4.74 Å². The van der Waals surface area contributed by atoms with Crippen LogP contribution in [0.4, 0.5) is 5.69 Å². The number of hydrogen-bond acceptors (Lipinski definition) is 7. The van der Waals surface area contributed by atoms with Gasteiger partial charge in [-0.1, -0.05) is 11.8 Å². The maximum absolute atomic E-state index is 11.0. The number of carbonyl (C=O) groups excluding carboxylic acids is 2. The first-order valence-corrected chi connectivity index (χ1v) is 7.55. The second kappa shape index (κ2) is 9.04. The molecule has 0 N–H and O–H groups in total. The Balaban J connectivity index is 2.45. The summed E-state index contributed by atoms with van der Waals surface area (Å²) in [7, 11) is 0. The summed E-state index contributed by atoms with van der Waals surface area (Å²) in [5, 5.41) is 10.5. The number of nitro benzene ring substituents is 1. The van der Waals surface area contributed by atoms with Gasteiger partial charge in [-0.05, 0) is 12.1 Å². The molecule has 22 heavy (non-hydrogen) atoms. The minimum Gasteiger partial charge on any atom is -0.493 e. The first kappa shape index (κ1) is 18.0. The van der Waals surface area contributed by atoms with Crippen LogP contribution in [-0.2, 0) is 14.3 Å². The molecule has 0 aromatic heterocycles. The zero-order valence-electron chi connectivity index (χ0n) is 12.3. The van der Waals surface area contributed by atoms with Gasteiger partial charge in [-0.15, -0.1) is 0 Å². The van der Waals surface area contributed by atoms with Crippen LogP contribution in [0.2, 0.25) is 0 Å². The van der Waals surface area contributed by atoms with E-state index in [0.717, 1.165) is 11.8 Å². The van der Waals surface area contributed by atoms with Gasteiger partial charge in [-0.25, -0.2) is 0 Å². The van der Waals surface area contributed by atoms with Gasteiger partial charge in [0, 0.05) is 38.2 Å². The molecule has 1 unspecified atom stereocenters. The summed E-state index contributed by atoms with van der Waals surface area (Å²) in [5.41, 5.74) is -0.0111. The molecule has 0 saturated carbocycles. The number of nitrogens with zero attached hydrogens (tertiary/aromatic N) is 1. The van der Waals surface area contributed by atoms with Crippen LogP contribution in [0.1, 0.15) is 20.3 Å². The third kappa shape index (κ3) is 7.07. The van der Waals surface area contributed by atoms with Crippen molar-refractivity contribution >= 4 is 28.5 Å². The molecule has 0 fully saturated rings. The third-order valence-corrected chi connectivity index (χ3v) is 3.51. The van der Waals surface area contributed by atoms with Crippen molar-refractivity contribution in [3.8, 4) is 5.75 Å². The molecule has 0 saturated heterocycles. The van der Waals surface area contributed by atoms with Crippen molar-refractivity contribution in [3.63, 3.8) is 0 Å². The Morgan fingerprint density at radius 2 is 1.91 bits per heavy atom. The summed E-state index contributed by atoms with van der Waals surface area (Å²) in [5.74, 6) is 0.453. The minimum atomic E-state index is -0.487.